The molecule has 1 amide bonds. The smallest absolute Gasteiger partial charge is 0.256 e. The summed E-state index contributed by atoms with van der Waals surface area (Å²) < 4.78 is 11.4. The van der Waals surface area contributed by atoms with E-state index in [-0.39, 0.29) is 5.91 Å². The Morgan fingerprint density at radius 1 is 0.909 bits per heavy atom. The Bertz CT molecular complexity index is 1210. The summed E-state index contributed by atoms with van der Waals surface area (Å²) in [5.41, 5.74) is 4.06. The molecule has 1 aromatic heterocycles. The van der Waals surface area contributed by atoms with E-state index >= 15 is 0 Å². The lowest BCUT2D eigenvalue weighted by Gasteiger charge is -2.26. The molecule has 0 spiro atoms. The molecule has 1 aliphatic rings. The zero-order valence-corrected chi connectivity index (χ0v) is 18.2. The van der Waals surface area contributed by atoms with Crippen molar-refractivity contribution < 1.29 is 13.9 Å². The van der Waals surface area contributed by atoms with Crippen molar-refractivity contribution in [2.24, 2.45) is 0 Å². The van der Waals surface area contributed by atoms with Crippen LogP contribution in [0.2, 0.25) is 0 Å². The average molecular weight is 440 g/mol. The first-order chi connectivity index (χ1) is 16.3. The number of hydrogen-bond acceptors (Lipinski definition) is 5. The summed E-state index contributed by atoms with van der Waals surface area (Å²) in [6.07, 6.45) is 1.69. The lowest BCUT2D eigenvalue weighted by molar-refractivity contribution is 0.0342. The summed E-state index contributed by atoms with van der Waals surface area (Å²) in [5.74, 6) is 0.878. The summed E-state index contributed by atoms with van der Waals surface area (Å²) in [5, 5.41) is 3.00. The number of aromatic nitrogens is 1. The van der Waals surface area contributed by atoms with Crippen molar-refractivity contribution in [2.45, 2.75) is 6.54 Å². The quantitative estimate of drug-likeness (QED) is 0.453. The van der Waals surface area contributed by atoms with E-state index in [9.17, 15) is 4.79 Å². The summed E-state index contributed by atoms with van der Waals surface area (Å²) in [4.78, 5) is 19.9. The molecule has 1 fully saturated rings. The lowest BCUT2D eigenvalue weighted by Crippen LogP contribution is -2.35. The molecular formula is C27H25N3O3. The van der Waals surface area contributed by atoms with Crippen molar-refractivity contribution in [3.8, 4) is 22.8 Å². The zero-order chi connectivity index (χ0) is 22.5. The minimum absolute atomic E-state index is 0.203. The number of morpholine rings is 1. The van der Waals surface area contributed by atoms with Crippen LogP contribution in [0.4, 0.5) is 5.69 Å². The highest BCUT2D eigenvalue weighted by molar-refractivity contribution is 6.08. The van der Waals surface area contributed by atoms with Crippen LogP contribution < -0.4 is 5.32 Å². The number of nitrogens with zero attached hydrogens (tertiary/aromatic N) is 2. The molecule has 0 saturated carbocycles. The maximum absolute atomic E-state index is 13.1. The molecule has 33 heavy (non-hydrogen) atoms. The number of hydrogen-bond donors (Lipinski definition) is 1. The van der Waals surface area contributed by atoms with Crippen LogP contribution in [0.15, 0.2) is 89.5 Å². The van der Waals surface area contributed by atoms with Gasteiger partial charge in [0, 0.05) is 36.4 Å². The van der Waals surface area contributed by atoms with E-state index in [1.165, 1.54) is 5.56 Å². The van der Waals surface area contributed by atoms with Gasteiger partial charge in [0.1, 0.15) is 0 Å². The molecule has 1 saturated heterocycles. The van der Waals surface area contributed by atoms with Gasteiger partial charge in [-0.3, -0.25) is 9.69 Å². The number of carbonyl (C=O) groups excluding carboxylic acids is 1. The second kappa shape index (κ2) is 9.81. The van der Waals surface area contributed by atoms with Crippen LogP contribution in [0.25, 0.3) is 22.8 Å². The maximum atomic E-state index is 13.1. The molecule has 4 aromatic rings. The number of anilines is 1. The molecule has 0 unspecified atom stereocenters. The van der Waals surface area contributed by atoms with Crippen molar-refractivity contribution in [3.63, 3.8) is 0 Å². The van der Waals surface area contributed by atoms with Crippen molar-refractivity contribution >= 4 is 11.6 Å². The number of carbonyl (C=O) groups is 1. The van der Waals surface area contributed by atoms with Crippen LogP contribution in [0.1, 0.15) is 15.9 Å². The van der Waals surface area contributed by atoms with E-state index in [0.717, 1.165) is 44.1 Å². The minimum atomic E-state index is -0.203. The standard InChI is InChI=1S/C27H25N3O3/c31-26(29-22-12-10-20(11-13-22)19-30-14-16-32-17-15-30)23-8-4-5-9-24(23)27-28-18-25(33-27)21-6-2-1-3-7-21/h1-13,18H,14-17,19H2,(H,29,31). The normalized spacial score (nSPS) is 14.2. The summed E-state index contributed by atoms with van der Waals surface area (Å²) in [6.45, 7) is 4.34. The van der Waals surface area contributed by atoms with E-state index in [4.69, 9.17) is 9.15 Å². The molecule has 1 N–H and O–H groups in total. The number of rotatable bonds is 6. The number of oxazole rings is 1. The summed E-state index contributed by atoms with van der Waals surface area (Å²) in [7, 11) is 0. The maximum Gasteiger partial charge on any atom is 0.256 e. The lowest BCUT2D eigenvalue weighted by atomic mass is 10.1. The Morgan fingerprint density at radius 3 is 2.42 bits per heavy atom. The first-order valence-corrected chi connectivity index (χ1v) is 11.1. The zero-order valence-electron chi connectivity index (χ0n) is 18.2. The van der Waals surface area contributed by atoms with Crippen molar-refractivity contribution in [3.05, 3.63) is 96.2 Å². The van der Waals surface area contributed by atoms with Crippen molar-refractivity contribution in [2.75, 3.05) is 31.6 Å². The topological polar surface area (TPSA) is 67.6 Å². The Kier molecular flexibility index (Phi) is 6.28. The van der Waals surface area contributed by atoms with Crippen LogP contribution in [0.3, 0.4) is 0 Å². The monoisotopic (exact) mass is 439 g/mol. The molecule has 5 rings (SSSR count). The Hall–Kier alpha value is -3.74. The fraction of sp³-hybridized carbons (Fsp3) is 0.185. The van der Waals surface area contributed by atoms with E-state index in [1.54, 1.807) is 12.3 Å². The number of ether oxygens (including phenoxy) is 1. The van der Waals surface area contributed by atoms with Gasteiger partial charge in [0.05, 0.1) is 25.0 Å². The number of benzene rings is 3. The third kappa shape index (κ3) is 5.03. The van der Waals surface area contributed by atoms with Crippen molar-refractivity contribution in [1.82, 2.24) is 9.88 Å². The fourth-order valence-corrected chi connectivity index (χ4v) is 3.91. The van der Waals surface area contributed by atoms with Gasteiger partial charge < -0.3 is 14.5 Å². The van der Waals surface area contributed by atoms with Gasteiger partial charge in [0.2, 0.25) is 5.89 Å². The van der Waals surface area contributed by atoms with E-state index < -0.39 is 0 Å². The molecule has 6 nitrogen and oxygen atoms in total. The van der Waals surface area contributed by atoms with Gasteiger partial charge in [0.25, 0.3) is 5.91 Å². The van der Waals surface area contributed by atoms with Gasteiger partial charge in [-0.1, -0.05) is 54.6 Å². The molecule has 166 valence electrons. The first kappa shape index (κ1) is 21.1. The Balaban J connectivity index is 1.30. The minimum Gasteiger partial charge on any atom is -0.436 e. The van der Waals surface area contributed by atoms with E-state index in [0.29, 0.717) is 22.8 Å². The second-order valence-corrected chi connectivity index (χ2v) is 7.98. The molecule has 6 heteroatoms. The number of nitrogens with one attached hydrogen (secondary N) is 1. The Morgan fingerprint density at radius 2 is 1.64 bits per heavy atom. The highest BCUT2D eigenvalue weighted by atomic mass is 16.5. The van der Waals surface area contributed by atoms with Crippen molar-refractivity contribution in [1.29, 1.82) is 0 Å². The van der Waals surface area contributed by atoms with Gasteiger partial charge in [-0.2, -0.15) is 0 Å². The fourth-order valence-electron chi connectivity index (χ4n) is 3.91. The van der Waals surface area contributed by atoms with Crippen LogP contribution >= 0.6 is 0 Å². The van der Waals surface area contributed by atoms with Crippen LogP contribution in [0.5, 0.6) is 0 Å². The van der Waals surface area contributed by atoms with Gasteiger partial charge in [0.15, 0.2) is 5.76 Å². The average Bonchev–Trinajstić information content (AvgIpc) is 3.37. The van der Waals surface area contributed by atoms with Gasteiger partial charge in [-0.05, 0) is 29.8 Å². The third-order valence-electron chi connectivity index (χ3n) is 5.69. The summed E-state index contributed by atoms with van der Waals surface area (Å²) in [6, 6.07) is 25.1. The SMILES string of the molecule is O=C(Nc1ccc(CN2CCOCC2)cc1)c1ccccc1-c1ncc(-c2ccccc2)o1. The molecule has 1 aliphatic heterocycles. The highest BCUT2D eigenvalue weighted by Gasteiger charge is 2.17. The molecule has 0 bridgehead atoms. The second-order valence-electron chi connectivity index (χ2n) is 7.98. The summed E-state index contributed by atoms with van der Waals surface area (Å²) >= 11 is 0. The van der Waals surface area contributed by atoms with Gasteiger partial charge in [-0.25, -0.2) is 4.98 Å². The highest BCUT2D eigenvalue weighted by Crippen LogP contribution is 2.28. The van der Waals surface area contributed by atoms with Crippen LogP contribution in [-0.4, -0.2) is 42.1 Å². The first-order valence-electron chi connectivity index (χ1n) is 11.1. The predicted octanol–water partition coefficient (Wildman–Crippen LogP) is 5.09. The molecule has 0 radical (unpaired) electrons. The van der Waals surface area contributed by atoms with Crippen LogP contribution in [-0.2, 0) is 11.3 Å². The van der Waals surface area contributed by atoms with E-state index in [2.05, 4.69) is 27.3 Å². The molecule has 3 aromatic carbocycles. The molecule has 2 heterocycles. The Labute approximate surface area is 192 Å². The predicted molar refractivity (Wildman–Crippen MR) is 128 cm³/mol. The molecule has 0 aliphatic carbocycles. The molecule has 0 atom stereocenters. The molecular weight excluding hydrogens is 414 g/mol. The van der Waals surface area contributed by atoms with Gasteiger partial charge >= 0.3 is 0 Å². The van der Waals surface area contributed by atoms with E-state index in [1.807, 2.05) is 60.7 Å². The van der Waals surface area contributed by atoms with Gasteiger partial charge in [-0.15, -0.1) is 0 Å². The number of amides is 1. The van der Waals surface area contributed by atoms with Crippen LogP contribution in [0, 0.1) is 0 Å². The third-order valence-corrected chi connectivity index (χ3v) is 5.69. The largest absolute Gasteiger partial charge is 0.436 e.